The second-order valence-corrected chi connectivity index (χ2v) is 2.92. The first-order valence-electron chi connectivity index (χ1n) is 4.34. The van der Waals surface area contributed by atoms with Crippen molar-refractivity contribution >= 4 is 0 Å². The van der Waals surface area contributed by atoms with Gasteiger partial charge in [-0.25, -0.2) is 0 Å². The highest BCUT2D eigenvalue weighted by molar-refractivity contribution is 4.84. The maximum absolute atomic E-state index is 2.41. The summed E-state index contributed by atoms with van der Waals surface area (Å²) in [6, 6.07) is 0. The zero-order valence-electron chi connectivity index (χ0n) is 6.84. The number of rotatable bonds is 3. The molecule has 0 unspecified atom stereocenters. The molecule has 0 aromatic heterocycles. The van der Waals surface area contributed by atoms with E-state index in [1.807, 2.05) is 0 Å². The third kappa shape index (κ3) is 2.42. The normalized spacial score (nSPS) is 19.1. The standard InChI is InChI=1S/C9H17N/c1-2-3-4-7-10-8-5-6-9-10/h4,7H,2-3,5-6,8-9H2,1H3/b7-4+. The minimum Gasteiger partial charge on any atom is -0.378 e. The van der Waals surface area contributed by atoms with Gasteiger partial charge in [0.05, 0.1) is 0 Å². The van der Waals surface area contributed by atoms with Crippen molar-refractivity contribution in [3.63, 3.8) is 0 Å². The Hall–Kier alpha value is -0.460. The maximum atomic E-state index is 2.41. The fraction of sp³-hybridized carbons (Fsp3) is 0.778. The number of likely N-dealkylation sites (tertiary alicyclic amines) is 1. The summed E-state index contributed by atoms with van der Waals surface area (Å²) in [5.41, 5.74) is 0. The second-order valence-electron chi connectivity index (χ2n) is 2.92. The molecule has 1 aliphatic rings. The van der Waals surface area contributed by atoms with Crippen LogP contribution in [0.25, 0.3) is 0 Å². The van der Waals surface area contributed by atoms with Crippen molar-refractivity contribution in [2.75, 3.05) is 13.1 Å². The van der Waals surface area contributed by atoms with Crippen LogP contribution < -0.4 is 0 Å². The fourth-order valence-corrected chi connectivity index (χ4v) is 1.28. The summed E-state index contributed by atoms with van der Waals surface area (Å²) in [6.45, 7) is 4.77. The Kier molecular flexibility index (Phi) is 3.34. The van der Waals surface area contributed by atoms with Gasteiger partial charge in [0.1, 0.15) is 0 Å². The number of nitrogens with zero attached hydrogens (tertiary/aromatic N) is 1. The monoisotopic (exact) mass is 139 g/mol. The molecular formula is C9H17N. The molecule has 1 saturated heterocycles. The highest BCUT2D eigenvalue weighted by Gasteiger charge is 2.05. The van der Waals surface area contributed by atoms with Crippen LogP contribution in [0, 0.1) is 0 Å². The predicted molar refractivity (Wildman–Crippen MR) is 44.9 cm³/mol. The number of hydrogen-bond acceptors (Lipinski definition) is 1. The number of hydrogen-bond donors (Lipinski definition) is 0. The van der Waals surface area contributed by atoms with Gasteiger partial charge >= 0.3 is 0 Å². The van der Waals surface area contributed by atoms with E-state index in [1.54, 1.807) is 0 Å². The molecule has 0 saturated carbocycles. The van der Waals surface area contributed by atoms with E-state index in [2.05, 4.69) is 24.1 Å². The van der Waals surface area contributed by atoms with Crippen LogP contribution in [-0.4, -0.2) is 18.0 Å². The number of unbranched alkanes of at least 4 members (excludes halogenated alkanes) is 1. The van der Waals surface area contributed by atoms with E-state index in [4.69, 9.17) is 0 Å². The summed E-state index contributed by atoms with van der Waals surface area (Å²) in [5, 5.41) is 0. The fourth-order valence-electron chi connectivity index (χ4n) is 1.28. The van der Waals surface area contributed by atoms with Crippen LogP contribution in [0.2, 0.25) is 0 Å². The molecule has 1 heterocycles. The Balaban J connectivity index is 2.10. The van der Waals surface area contributed by atoms with Crippen LogP contribution in [0.5, 0.6) is 0 Å². The first-order valence-corrected chi connectivity index (χ1v) is 4.34. The van der Waals surface area contributed by atoms with Crippen molar-refractivity contribution in [2.24, 2.45) is 0 Å². The lowest BCUT2D eigenvalue weighted by Gasteiger charge is -2.09. The number of allylic oxidation sites excluding steroid dienone is 1. The lowest BCUT2D eigenvalue weighted by Crippen LogP contribution is -2.09. The van der Waals surface area contributed by atoms with Crippen molar-refractivity contribution in [1.82, 2.24) is 4.90 Å². The van der Waals surface area contributed by atoms with Crippen LogP contribution in [0.15, 0.2) is 12.3 Å². The van der Waals surface area contributed by atoms with E-state index in [0.717, 1.165) is 0 Å². The summed E-state index contributed by atoms with van der Waals surface area (Å²) in [4.78, 5) is 2.41. The summed E-state index contributed by atoms with van der Waals surface area (Å²) in [5.74, 6) is 0. The molecule has 1 rings (SSSR count). The quantitative estimate of drug-likeness (QED) is 0.580. The minimum atomic E-state index is 1.23. The molecule has 0 N–H and O–H groups in total. The van der Waals surface area contributed by atoms with Crippen molar-refractivity contribution < 1.29 is 0 Å². The summed E-state index contributed by atoms with van der Waals surface area (Å²) in [6.07, 6.45) is 9.82. The molecule has 0 amide bonds. The van der Waals surface area contributed by atoms with E-state index >= 15 is 0 Å². The van der Waals surface area contributed by atoms with Crippen molar-refractivity contribution in [2.45, 2.75) is 32.6 Å². The average molecular weight is 139 g/mol. The summed E-state index contributed by atoms with van der Waals surface area (Å²) < 4.78 is 0. The lowest BCUT2D eigenvalue weighted by molar-refractivity contribution is 0.466. The van der Waals surface area contributed by atoms with Gasteiger partial charge in [-0.15, -0.1) is 0 Å². The Morgan fingerprint density at radius 2 is 2.00 bits per heavy atom. The van der Waals surface area contributed by atoms with Gasteiger partial charge in [-0.1, -0.05) is 19.4 Å². The molecule has 0 radical (unpaired) electrons. The molecule has 10 heavy (non-hydrogen) atoms. The van der Waals surface area contributed by atoms with E-state index in [-0.39, 0.29) is 0 Å². The third-order valence-corrected chi connectivity index (χ3v) is 1.91. The molecule has 0 bridgehead atoms. The first kappa shape index (κ1) is 7.64. The molecule has 0 atom stereocenters. The van der Waals surface area contributed by atoms with Gasteiger partial charge in [0, 0.05) is 13.1 Å². The van der Waals surface area contributed by atoms with Crippen LogP contribution in [0.4, 0.5) is 0 Å². The SMILES string of the molecule is CCC/C=C/N1CCCC1. The predicted octanol–water partition coefficient (Wildman–Crippen LogP) is 2.40. The maximum Gasteiger partial charge on any atom is 0.0173 e. The molecular weight excluding hydrogens is 122 g/mol. The lowest BCUT2D eigenvalue weighted by atomic mass is 10.3. The molecule has 1 fully saturated rings. The second kappa shape index (κ2) is 4.37. The van der Waals surface area contributed by atoms with Gasteiger partial charge in [0.25, 0.3) is 0 Å². The molecule has 0 aromatic carbocycles. The average Bonchev–Trinajstić information content (AvgIpc) is 2.41. The molecule has 58 valence electrons. The Morgan fingerprint density at radius 3 is 2.60 bits per heavy atom. The van der Waals surface area contributed by atoms with Crippen molar-refractivity contribution in [3.8, 4) is 0 Å². The van der Waals surface area contributed by atoms with Crippen LogP contribution in [-0.2, 0) is 0 Å². The first-order chi connectivity index (χ1) is 4.93. The third-order valence-electron chi connectivity index (χ3n) is 1.91. The molecule has 0 aromatic rings. The largest absolute Gasteiger partial charge is 0.378 e. The van der Waals surface area contributed by atoms with Crippen molar-refractivity contribution in [1.29, 1.82) is 0 Å². The smallest absolute Gasteiger partial charge is 0.0173 e. The van der Waals surface area contributed by atoms with Gasteiger partial charge in [0.2, 0.25) is 0 Å². The Labute approximate surface area is 63.7 Å². The zero-order chi connectivity index (χ0) is 7.23. The van der Waals surface area contributed by atoms with Crippen LogP contribution >= 0.6 is 0 Å². The van der Waals surface area contributed by atoms with E-state index in [0.29, 0.717) is 0 Å². The Morgan fingerprint density at radius 1 is 1.30 bits per heavy atom. The minimum absolute atomic E-state index is 1.23. The highest BCUT2D eigenvalue weighted by atomic mass is 15.1. The Bertz CT molecular complexity index is 101. The van der Waals surface area contributed by atoms with Gasteiger partial charge in [-0.3, -0.25) is 0 Å². The van der Waals surface area contributed by atoms with Gasteiger partial charge in [-0.2, -0.15) is 0 Å². The van der Waals surface area contributed by atoms with E-state index < -0.39 is 0 Å². The van der Waals surface area contributed by atoms with E-state index in [1.165, 1.54) is 38.8 Å². The van der Waals surface area contributed by atoms with Gasteiger partial charge < -0.3 is 4.90 Å². The molecule has 1 heteroatoms. The zero-order valence-corrected chi connectivity index (χ0v) is 6.84. The summed E-state index contributed by atoms with van der Waals surface area (Å²) >= 11 is 0. The van der Waals surface area contributed by atoms with E-state index in [9.17, 15) is 0 Å². The molecule has 0 spiro atoms. The van der Waals surface area contributed by atoms with Gasteiger partial charge in [0.15, 0.2) is 0 Å². The van der Waals surface area contributed by atoms with Gasteiger partial charge in [-0.05, 0) is 25.5 Å². The molecule has 0 aliphatic carbocycles. The highest BCUT2D eigenvalue weighted by Crippen LogP contribution is 2.07. The van der Waals surface area contributed by atoms with Crippen molar-refractivity contribution in [3.05, 3.63) is 12.3 Å². The van der Waals surface area contributed by atoms with Crippen LogP contribution in [0.1, 0.15) is 32.6 Å². The summed E-state index contributed by atoms with van der Waals surface area (Å²) in [7, 11) is 0. The molecule has 1 aliphatic heterocycles. The topological polar surface area (TPSA) is 3.24 Å². The molecule has 1 nitrogen and oxygen atoms in total. The van der Waals surface area contributed by atoms with Crippen LogP contribution in [0.3, 0.4) is 0 Å².